The molecule has 0 atom stereocenters. The number of nitrogens with one attached hydrogen (secondary N) is 1. The predicted octanol–water partition coefficient (Wildman–Crippen LogP) is 4.39. The quantitative estimate of drug-likeness (QED) is 0.594. The maximum absolute atomic E-state index is 12.8. The summed E-state index contributed by atoms with van der Waals surface area (Å²) in [6.07, 6.45) is 0. The monoisotopic (exact) mass is 438 g/mol. The molecule has 0 radical (unpaired) electrons. The lowest BCUT2D eigenvalue weighted by molar-refractivity contribution is 0.0784. The fraction of sp³-hybridized carbons (Fsp3) is 0.208. The highest BCUT2D eigenvalue weighted by Crippen LogP contribution is 2.21. The lowest BCUT2D eigenvalue weighted by Crippen LogP contribution is -2.26. The first-order chi connectivity index (χ1) is 14.7. The third kappa shape index (κ3) is 5.24. The molecule has 0 aliphatic rings. The first kappa shape index (κ1) is 22.4. The number of amides is 1. The van der Waals surface area contributed by atoms with Crippen LogP contribution in [0.25, 0.3) is 0 Å². The molecule has 1 N–H and O–H groups in total. The number of rotatable bonds is 7. The minimum atomic E-state index is -3.71. The third-order valence-electron chi connectivity index (χ3n) is 5.12. The van der Waals surface area contributed by atoms with Gasteiger partial charge in [-0.3, -0.25) is 9.52 Å². The van der Waals surface area contributed by atoms with Crippen LogP contribution in [0.3, 0.4) is 0 Å². The van der Waals surface area contributed by atoms with Gasteiger partial charge in [-0.15, -0.1) is 0 Å². The summed E-state index contributed by atoms with van der Waals surface area (Å²) in [5, 5.41) is 0. The van der Waals surface area contributed by atoms with Crippen LogP contribution < -0.4 is 9.46 Å². The molecular formula is C24H26N2O4S. The van der Waals surface area contributed by atoms with Crippen LogP contribution in [0.15, 0.2) is 71.6 Å². The van der Waals surface area contributed by atoms with Crippen LogP contribution in [0.4, 0.5) is 5.69 Å². The van der Waals surface area contributed by atoms with Crippen molar-refractivity contribution in [3.05, 3.63) is 89.0 Å². The average Bonchev–Trinajstić information content (AvgIpc) is 2.75. The number of carbonyl (C=O) groups excluding carboxylic acids is 1. The number of sulfonamides is 1. The van der Waals surface area contributed by atoms with Crippen LogP contribution in [0.2, 0.25) is 0 Å². The van der Waals surface area contributed by atoms with Gasteiger partial charge in [0, 0.05) is 30.4 Å². The van der Waals surface area contributed by atoms with Crippen molar-refractivity contribution < 1.29 is 17.9 Å². The summed E-state index contributed by atoms with van der Waals surface area (Å²) in [6.45, 7) is 4.19. The molecular weight excluding hydrogens is 412 g/mol. The molecule has 0 aliphatic carbocycles. The number of methoxy groups -OCH3 is 1. The normalized spacial score (nSPS) is 11.1. The molecule has 162 valence electrons. The highest BCUT2D eigenvalue weighted by atomic mass is 32.2. The lowest BCUT2D eigenvalue weighted by Gasteiger charge is -2.19. The molecule has 0 aliphatic heterocycles. The highest BCUT2D eigenvalue weighted by molar-refractivity contribution is 7.92. The van der Waals surface area contributed by atoms with Crippen LogP contribution >= 0.6 is 0 Å². The van der Waals surface area contributed by atoms with E-state index in [4.69, 9.17) is 4.74 Å². The molecule has 0 aromatic heterocycles. The van der Waals surface area contributed by atoms with Gasteiger partial charge in [0.05, 0.1) is 12.0 Å². The molecule has 0 bridgehead atoms. The summed E-state index contributed by atoms with van der Waals surface area (Å²) in [5.74, 6) is 0.549. The summed E-state index contributed by atoms with van der Waals surface area (Å²) < 4.78 is 33.2. The summed E-state index contributed by atoms with van der Waals surface area (Å²) in [4.78, 5) is 14.6. The fourth-order valence-electron chi connectivity index (χ4n) is 3.16. The van der Waals surface area contributed by atoms with Gasteiger partial charge in [0.25, 0.3) is 15.9 Å². The zero-order chi connectivity index (χ0) is 22.6. The molecule has 31 heavy (non-hydrogen) atoms. The van der Waals surface area contributed by atoms with Gasteiger partial charge in [0.15, 0.2) is 0 Å². The summed E-state index contributed by atoms with van der Waals surface area (Å²) in [6, 6.07) is 18.9. The Morgan fingerprint density at radius 2 is 1.65 bits per heavy atom. The number of nitrogens with zero attached hydrogens (tertiary/aromatic N) is 1. The molecule has 0 saturated carbocycles. The van der Waals surface area contributed by atoms with Crippen molar-refractivity contribution in [3.8, 4) is 5.75 Å². The summed E-state index contributed by atoms with van der Waals surface area (Å²) in [5.41, 5.74) is 3.69. The number of hydrogen-bond donors (Lipinski definition) is 1. The molecule has 0 heterocycles. The van der Waals surface area contributed by atoms with E-state index in [-0.39, 0.29) is 10.8 Å². The minimum Gasteiger partial charge on any atom is -0.496 e. The van der Waals surface area contributed by atoms with Gasteiger partial charge < -0.3 is 9.64 Å². The van der Waals surface area contributed by atoms with Gasteiger partial charge in [0.1, 0.15) is 5.75 Å². The van der Waals surface area contributed by atoms with Crippen molar-refractivity contribution >= 4 is 21.6 Å². The summed E-state index contributed by atoms with van der Waals surface area (Å²) in [7, 11) is -0.401. The Bertz CT molecular complexity index is 1190. The van der Waals surface area contributed by atoms with E-state index in [0.717, 1.165) is 22.4 Å². The fourth-order valence-corrected chi connectivity index (χ4v) is 4.30. The van der Waals surface area contributed by atoms with Crippen molar-refractivity contribution in [1.29, 1.82) is 0 Å². The molecule has 0 spiro atoms. The highest BCUT2D eigenvalue weighted by Gasteiger charge is 2.17. The first-order valence-electron chi connectivity index (χ1n) is 9.79. The van der Waals surface area contributed by atoms with Gasteiger partial charge in [-0.1, -0.05) is 24.3 Å². The summed E-state index contributed by atoms with van der Waals surface area (Å²) >= 11 is 0. The zero-order valence-corrected chi connectivity index (χ0v) is 18.9. The number of anilines is 1. The molecule has 0 saturated heterocycles. The van der Waals surface area contributed by atoms with Crippen LogP contribution in [-0.4, -0.2) is 33.4 Å². The number of hydrogen-bond acceptors (Lipinski definition) is 4. The number of aryl methyl sites for hydroxylation is 2. The van der Waals surface area contributed by atoms with E-state index < -0.39 is 10.0 Å². The van der Waals surface area contributed by atoms with Gasteiger partial charge in [-0.2, -0.15) is 0 Å². The zero-order valence-electron chi connectivity index (χ0n) is 18.0. The van der Waals surface area contributed by atoms with E-state index in [1.54, 1.807) is 61.5 Å². The predicted molar refractivity (Wildman–Crippen MR) is 122 cm³/mol. The van der Waals surface area contributed by atoms with Crippen LogP contribution in [0, 0.1) is 13.8 Å². The van der Waals surface area contributed by atoms with Crippen LogP contribution in [-0.2, 0) is 16.6 Å². The second kappa shape index (κ2) is 9.22. The Morgan fingerprint density at radius 3 is 2.29 bits per heavy atom. The van der Waals surface area contributed by atoms with E-state index in [1.807, 2.05) is 38.1 Å². The second-order valence-electron chi connectivity index (χ2n) is 7.40. The number of carbonyl (C=O) groups is 1. The SMILES string of the molecule is COc1ccccc1CN(C)C(=O)c1ccc(NS(=O)(=O)c2ccc(C)c(C)c2)cc1. The average molecular weight is 439 g/mol. The van der Waals surface area contributed by atoms with Crippen molar-refractivity contribution in [3.63, 3.8) is 0 Å². The lowest BCUT2D eigenvalue weighted by atomic mass is 10.1. The Labute approximate surface area is 183 Å². The molecule has 3 rings (SSSR count). The van der Waals surface area contributed by atoms with Crippen LogP contribution in [0.1, 0.15) is 27.0 Å². The van der Waals surface area contributed by atoms with Crippen molar-refractivity contribution in [2.45, 2.75) is 25.3 Å². The van der Waals surface area contributed by atoms with E-state index in [9.17, 15) is 13.2 Å². The van der Waals surface area contributed by atoms with E-state index in [0.29, 0.717) is 17.8 Å². The smallest absolute Gasteiger partial charge is 0.261 e. The molecule has 0 unspecified atom stereocenters. The van der Waals surface area contributed by atoms with E-state index >= 15 is 0 Å². The van der Waals surface area contributed by atoms with Gasteiger partial charge >= 0.3 is 0 Å². The molecule has 7 heteroatoms. The number of para-hydroxylation sites is 1. The Kier molecular flexibility index (Phi) is 6.65. The van der Waals surface area contributed by atoms with Crippen molar-refractivity contribution in [2.24, 2.45) is 0 Å². The number of benzene rings is 3. The van der Waals surface area contributed by atoms with Gasteiger partial charge in [0.2, 0.25) is 0 Å². The Balaban J connectivity index is 1.71. The van der Waals surface area contributed by atoms with Crippen molar-refractivity contribution in [1.82, 2.24) is 4.90 Å². The van der Waals surface area contributed by atoms with Crippen molar-refractivity contribution in [2.75, 3.05) is 18.9 Å². The molecule has 3 aromatic rings. The molecule has 0 fully saturated rings. The first-order valence-corrected chi connectivity index (χ1v) is 11.3. The maximum Gasteiger partial charge on any atom is 0.261 e. The minimum absolute atomic E-state index is 0.172. The van der Waals surface area contributed by atoms with E-state index in [2.05, 4.69) is 4.72 Å². The largest absolute Gasteiger partial charge is 0.496 e. The number of ether oxygens (including phenoxy) is 1. The second-order valence-corrected chi connectivity index (χ2v) is 9.08. The topological polar surface area (TPSA) is 75.7 Å². The van der Waals surface area contributed by atoms with Gasteiger partial charge in [-0.05, 0) is 67.4 Å². The Morgan fingerprint density at radius 1 is 0.968 bits per heavy atom. The standard InChI is InChI=1S/C24H26N2O4S/c1-17-9-14-22(15-18(17)2)31(28,29)25-21-12-10-19(11-13-21)24(27)26(3)16-20-7-5-6-8-23(20)30-4/h5-15,25H,16H2,1-4H3. The maximum atomic E-state index is 12.8. The Hall–Kier alpha value is -3.32. The third-order valence-corrected chi connectivity index (χ3v) is 6.50. The molecule has 6 nitrogen and oxygen atoms in total. The van der Waals surface area contributed by atoms with Crippen LogP contribution in [0.5, 0.6) is 5.75 Å². The van der Waals surface area contributed by atoms with E-state index in [1.165, 1.54) is 0 Å². The molecule has 1 amide bonds. The molecule has 3 aromatic carbocycles. The van der Waals surface area contributed by atoms with Gasteiger partial charge in [-0.25, -0.2) is 8.42 Å².